The molecule has 0 aromatic carbocycles. The molecule has 1 aliphatic rings. The molecule has 2 heteroatoms. The monoisotopic (exact) mass is 282 g/mol. The second-order valence-electron chi connectivity index (χ2n) is 7.79. The van der Waals surface area contributed by atoms with Gasteiger partial charge in [-0.05, 0) is 70.9 Å². The average molecular weight is 283 g/mol. The van der Waals surface area contributed by atoms with Crippen LogP contribution in [0.3, 0.4) is 0 Å². The maximum Gasteiger partial charge on any atom is 0.0147 e. The van der Waals surface area contributed by atoms with Crippen molar-refractivity contribution in [3.05, 3.63) is 0 Å². The number of hydrogen-bond acceptors (Lipinski definition) is 2. The summed E-state index contributed by atoms with van der Waals surface area (Å²) in [5.74, 6) is 2.57. The van der Waals surface area contributed by atoms with E-state index in [-0.39, 0.29) is 0 Å². The predicted molar refractivity (Wildman–Crippen MR) is 90.1 cm³/mol. The summed E-state index contributed by atoms with van der Waals surface area (Å²) in [5.41, 5.74) is 0.321. The van der Waals surface area contributed by atoms with E-state index in [1.807, 2.05) is 0 Å². The smallest absolute Gasteiger partial charge is 0.0147 e. The van der Waals surface area contributed by atoms with E-state index < -0.39 is 0 Å². The molecule has 1 aliphatic carbocycles. The molecule has 0 aliphatic heterocycles. The van der Waals surface area contributed by atoms with Gasteiger partial charge in [0.2, 0.25) is 0 Å². The van der Waals surface area contributed by atoms with E-state index in [1.165, 1.54) is 32.2 Å². The maximum atomic E-state index is 3.74. The molecule has 3 atom stereocenters. The van der Waals surface area contributed by atoms with Gasteiger partial charge in [0.15, 0.2) is 0 Å². The molecule has 120 valence electrons. The first-order chi connectivity index (χ1) is 9.31. The van der Waals surface area contributed by atoms with E-state index in [0.717, 1.165) is 30.3 Å². The van der Waals surface area contributed by atoms with Gasteiger partial charge in [-0.2, -0.15) is 0 Å². The zero-order chi connectivity index (χ0) is 15.3. The van der Waals surface area contributed by atoms with Crippen LogP contribution in [0.5, 0.6) is 0 Å². The number of rotatable bonds is 7. The van der Waals surface area contributed by atoms with Crippen LogP contribution < -0.4 is 5.32 Å². The topological polar surface area (TPSA) is 15.3 Å². The molecule has 0 bridgehead atoms. The summed E-state index contributed by atoms with van der Waals surface area (Å²) in [7, 11) is 2.31. The lowest BCUT2D eigenvalue weighted by Gasteiger charge is -2.43. The zero-order valence-corrected chi connectivity index (χ0v) is 15.0. The molecule has 0 saturated heterocycles. The van der Waals surface area contributed by atoms with Crippen molar-refractivity contribution in [3.8, 4) is 0 Å². The van der Waals surface area contributed by atoms with Crippen LogP contribution in [0.2, 0.25) is 0 Å². The molecule has 20 heavy (non-hydrogen) atoms. The van der Waals surface area contributed by atoms with Gasteiger partial charge in [0.25, 0.3) is 0 Å². The third-order valence-corrected chi connectivity index (χ3v) is 5.84. The molecular formula is C18H38N2. The van der Waals surface area contributed by atoms with Gasteiger partial charge in [0.05, 0.1) is 0 Å². The van der Waals surface area contributed by atoms with E-state index in [2.05, 4.69) is 58.8 Å². The molecule has 0 radical (unpaired) electrons. The molecule has 0 spiro atoms. The first-order valence-electron chi connectivity index (χ1n) is 8.76. The fourth-order valence-electron chi connectivity index (χ4n) is 3.51. The summed E-state index contributed by atoms with van der Waals surface area (Å²) >= 11 is 0. The fourth-order valence-corrected chi connectivity index (χ4v) is 3.51. The largest absolute Gasteiger partial charge is 0.314 e. The highest BCUT2D eigenvalue weighted by Crippen LogP contribution is 2.35. The summed E-state index contributed by atoms with van der Waals surface area (Å²) in [6.07, 6.45) is 5.39. The van der Waals surface area contributed by atoms with Crippen LogP contribution in [0.15, 0.2) is 0 Å². The van der Waals surface area contributed by atoms with Crippen molar-refractivity contribution < 1.29 is 0 Å². The van der Waals surface area contributed by atoms with Gasteiger partial charge in [-0.25, -0.2) is 0 Å². The summed E-state index contributed by atoms with van der Waals surface area (Å²) in [6.45, 7) is 16.4. The molecule has 1 rings (SSSR count). The van der Waals surface area contributed by atoms with Crippen LogP contribution in [0, 0.1) is 17.8 Å². The lowest BCUT2D eigenvalue weighted by molar-refractivity contribution is 0.0798. The fraction of sp³-hybridized carbons (Fsp3) is 1.00. The standard InChI is InChI=1S/C18H38N2/c1-8-18(5,6)20(7)13-16-12-15(14(3)4)10-11-17(16)19-9-2/h14-17,19H,8-13H2,1-7H3. The first kappa shape index (κ1) is 18.0. The zero-order valence-electron chi connectivity index (χ0n) is 15.0. The van der Waals surface area contributed by atoms with Crippen LogP contribution >= 0.6 is 0 Å². The summed E-state index contributed by atoms with van der Waals surface area (Å²) in [5, 5.41) is 3.74. The molecule has 0 aromatic heterocycles. The number of nitrogens with one attached hydrogen (secondary N) is 1. The van der Waals surface area contributed by atoms with Crippen molar-refractivity contribution in [3.63, 3.8) is 0 Å². The summed E-state index contributed by atoms with van der Waals surface area (Å²) in [4.78, 5) is 2.59. The predicted octanol–water partition coefficient (Wildman–Crippen LogP) is 4.16. The molecule has 2 nitrogen and oxygen atoms in total. The van der Waals surface area contributed by atoms with E-state index >= 15 is 0 Å². The number of nitrogens with zero attached hydrogens (tertiary/aromatic N) is 1. The third-order valence-electron chi connectivity index (χ3n) is 5.84. The van der Waals surface area contributed by atoms with Gasteiger partial charge >= 0.3 is 0 Å². The quantitative estimate of drug-likeness (QED) is 0.754. The van der Waals surface area contributed by atoms with Crippen LogP contribution in [0.25, 0.3) is 0 Å². The van der Waals surface area contributed by atoms with Gasteiger partial charge in [-0.1, -0.05) is 27.7 Å². The Morgan fingerprint density at radius 3 is 2.35 bits per heavy atom. The Morgan fingerprint density at radius 2 is 1.85 bits per heavy atom. The van der Waals surface area contributed by atoms with Crippen molar-refractivity contribution in [2.45, 2.75) is 78.8 Å². The minimum Gasteiger partial charge on any atom is -0.314 e. The highest BCUT2D eigenvalue weighted by atomic mass is 15.2. The Hall–Kier alpha value is -0.0800. The molecular weight excluding hydrogens is 244 g/mol. The lowest BCUT2D eigenvalue weighted by atomic mass is 9.73. The molecule has 0 heterocycles. The Balaban J connectivity index is 2.69. The van der Waals surface area contributed by atoms with Crippen LogP contribution in [0.1, 0.15) is 67.2 Å². The highest BCUT2D eigenvalue weighted by molar-refractivity contribution is 4.89. The summed E-state index contributed by atoms with van der Waals surface area (Å²) in [6, 6.07) is 0.727. The first-order valence-corrected chi connectivity index (χ1v) is 8.76. The van der Waals surface area contributed by atoms with Crippen molar-refractivity contribution in [2.75, 3.05) is 20.1 Å². The van der Waals surface area contributed by atoms with E-state index in [9.17, 15) is 0 Å². The lowest BCUT2D eigenvalue weighted by Crippen LogP contribution is -2.50. The minimum absolute atomic E-state index is 0.321. The van der Waals surface area contributed by atoms with Crippen LogP contribution in [0.4, 0.5) is 0 Å². The molecule has 0 aromatic rings. The van der Waals surface area contributed by atoms with Crippen LogP contribution in [-0.2, 0) is 0 Å². The second kappa shape index (κ2) is 7.79. The Morgan fingerprint density at radius 1 is 1.20 bits per heavy atom. The van der Waals surface area contributed by atoms with E-state index in [4.69, 9.17) is 0 Å². The van der Waals surface area contributed by atoms with Gasteiger partial charge in [-0.3, -0.25) is 0 Å². The van der Waals surface area contributed by atoms with Gasteiger partial charge in [-0.15, -0.1) is 0 Å². The molecule has 0 amide bonds. The van der Waals surface area contributed by atoms with Gasteiger partial charge < -0.3 is 10.2 Å². The van der Waals surface area contributed by atoms with Crippen LogP contribution in [-0.4, -0.2) is 36.6 Å². The van der Waals surface area contributed by atoms with Crippen molar-refractivity contribution >= 4 is 0 Å². The maximum absolute atomic E-state index is 3.74. The molecule has 1 N–H and O–H groups in total. The van der Waals surface area contributed by atoms with Crippen molar-refractivity contribution in [2.24, 2.45) is 17.8 Å². The molecule has 1 saturated carbocycles. The third kappa shape index (κ3) is 4.73. The Bertz CT molecular complexity index is 273. The normalized spacial score (nSPS) is 28.4. The summed E-state index contributed by atoms with van der Waals surface area (Å²) < 4.78 is 0. The van der Waals surface area contributed by atoms with E-state index in [0.29, 0.717) is 5.54 Å². The Labute approximate surface area is 127 Å². The second-order valence-corrected chi connectivity index (χ2v) is 7.79. The van der Waals surface area contributed by atoms with Gasteiger partial charge in [0, 0.05) is 18.1 Å². The molecule has 1 fully saturated rings. The highest BCUT2D eigenvalue weighted by Gasteiger charge is 2.34. The minimum atomic E-state index is 0.321. The van der Waals surface area contributed by atoms with E-state index in [1.54, 1.807) is 0 Å². The average Bonchev–Trinajstić information content (AvgIpc) is 2.40. The molecule has 3 unspecified atom stereocenters. The number of hydrogen-bond donors (Lipinski definition) is 1. The Kier molecular flexibility index (Phi) is 7.00. The SMILES string of the molecule is CCNC1CCC(C(C)C)CC1CN(C)C(C)(C)CC. The van der Waals surface area contributed by atoms with Crippen molar-refractivity contribution in [1.29, 1.82) is 0 Å². The van der Waals surface area contributed by atoms with Crippen molar-refractivity contribution in [1.82, 2.24) is 10.2 Å². The van der Waals surface area contributed by atoms with Gasteiger partial charge in [0.1, 0.15) is 0 Å².